The highest BCUT2D eigenvalue weighted by molar-refractivity contribution is 5.97. The first kappa shape index (κ1) is 16.4. The quantitative estimate of drug-likeness (QED) is 0.722. The van der Waals surface area contributed by atoms with Crippen molar-refractivity contribution in [1.29, 1.82) is 0 Å². The second kappa shape index (κ2) is 6.71. The minimum atomic E-state index is -0.239. The molecule has 0 saturated carbocycles. The number of nitrogens with zero attached hydrogens (tertiary/aromatic N) is 2. The molecule has 1 saturated heterocycles. The number of fused-ring (bicyclic) bond motifs is 1. The third-order valence-corrected chi connectivity index (χ3v) is 4.70. The van der Waals surface area contributed by atoms with E-state index in [1.807, 2.05) is 23.1 Å². The number of rotatable bonds is 3. The van der Waals surface area contributed by atoms with Crippen molar-refractivity contribution < 1.29 is 18.3 Å². The summed E-state index contributed by atoms with van der Waals surface area (Å²) in [7, 11) is 1.57. The number of amides is 1. The van der Waals surface area contributed by atoms with Gasteiger partial charge in [0.05, 0.1) is 12.8 Å². The predicted octanol–water partition coefficient (Wildman–Crippen LogP) is 3.54. The molecule has 1 fully saturated rings. The fourth-order valence-corrected chi connectivity index (χ4v) is 3.32. The Morgan fingerprint density at radius 2 is 1.85 bits per heavy atom. The maximum absolute atomic E-state index is 13.9. The van der Waals surface area contributed by atoms with E-state index in [0.29, 0.717) is 49.0 Å². The molecule has 0 N–H and O–H groups in total. The third-order valence-electron chi connectivity index (χ3n) is 4.70. The number of hydrogen-bond acceptors (Lipinski definition) is 4. The van der Waals surface area contributed by atoms with E-state index in [0.717, 1.165) is 5.39 Å². The van der Waals surface area contributed by atoms with Gasteiger partial charge in [-0.25, -0.2) is 4.39 Å². The number of furan rings is 1. The predicted molar refractivity (Wildman–Crippen MR) is 97.3 cm³/mol. The number of hydrogen-bond donors (Lipinski definition) is 0. The molecule has 134 valence electrons. The van der Waals surface area contributed by atoms with Crippen molar-refractivity contribution in [3.8, 4) is 5.75 Å². The average molecular weight is 354 g/mol. The molecule has 0 unspecified atom stereocenters. The number of para-hydroxylation sites is 2. The van der Waals surface area contributed by atoms with E-state index in [1.165, 1.54) is 6.07 Å². The van der Waals surface area contributed by atoms with E-state index in [2.05, 4.69) is 0 Å². The summed E-state index contributed by atoms with van der Waals surface area (Å²) in [4.78, 5) is 16.5. The molecular formula is C20H19FN2O3. The van der Waals surface area contributed by atoms with Gasteiger partial charge in [-0.05, 0) is 24.3 Å². The fraction of sp³-hybridized carbons (Fsp3) is 0.250. The molecule has 1 aromatic heterocycles. The molecule has 4 rings (SSSR count). The molecule has 6 heteroatoms. The standard InChI is InChI=1S/C20H19FN2O3/c1-25-17-8-4-5-14-13-18(26-19(14)17)20(24)23-11-9-22(10-12-23)16-7-3-2-6-15(16)21/h2-8,13H,9-12H2,1H3. The molecule has 1 aliphatic heterocycles. The van der Waals surface area contributed by atoms with Crippen molar-refractivity contribution in [3.05, 3.63) is 60.1 Å². The fourth-order valence-electron chi connectivity index (χ4n) is 3.32. The Hall–Kier alpha value is -3.02. The highest BCUT2D eigenvalue weighted by atomic mass is 19.1. The van der Waals surface area contributed by atoms with Crippen molar-refractivity contribution >= 4 is 22.6 Å². The van der Waals surface area contributed by atoms with Gasteiger partial charge in [0, 0.05) is 31.6 Å². The first-order valence-electron chi connectivity index (χ1n) is 8.52. The number of carbonyl (C=O) groups excluding carboxylic acids is 1. The van der Waals surface area contributed by atoms with Gasteiger partial charge >= 0.3 is 0 Å². The Kier molecular flexibility index (Phi) is 4.24. The van der Waals surface area contributed by atoms with Crippen LogP contribution in [0.15, 0.2) is 52.9 Å². The summed E-state index contributed by atoms with van der Waals surface area (Å²) in [5.74, 6) is 0.503. The van der Waals surface area contributed by atoms with Crippen LogP contribution in [-0.4, -0.2) is 44.1 Å². The first-order valence-corrected chi connectivity index (χ1v) is 8.52. The van der Waals surface area contributed by atoms with Gasteiger partial charge in [-0.15, -0.1) is 0 Å². The van der Waals surface area contributed by atoms with Crippen molar-refractivity contribution in [2.45, 2.75) is 0 Å². The zero-order valence-electron chi connectivity index (χ0n) is 14.4. The summed E-state index contributed by atoms with van der Waals surface area (Å²) >= 11 is 0. The molecule has 2 heterocycles. The summed E-state index contributed by atoms with van der Waals surface area (Å²) in [5, 5.41) is 0.831. The molecule has 0 radical (unpaired) electrons. The van der Waals surface area contributed by atoms with Gasteiger partial charge in [0.25, 0.3) is 5.91 Å². The van der Waals surface area contributed by atoms with Gasteiger partial charge in [0.15, 0.2) is 17.1 Å². The second-order valence-corrected chi connectivity index (χ2v) is 6.22. The number of carbonyl (C=O) groups is 1. The highest BCUT2D eigenvalue weighted by Gasteiger charge is 2.26. The van der Waals surface area contributed by atoms with Crippen molar-refractivity contribution in [2.24, 2.45) is 0 Å². The van der Waals surface area contributed by atoms with Crippen LogP contribution < -0.4 is 9.64 Å². The van der Waals surface area contributed by atoms with Crippen LogP contribution in [0.3, 0.4) is 0 Å². The van der Waals surface area contributed by atoms with Gasteiger partial charge in [0.1, 0.15) is 5.82 Å². The summed E-state index contributed by atoms with van der Waals surface area (Å²) in [5.41, 5.74) is 1.15. The third kappa shape index (κ3) is 2.87. The van der Waals surface area contributed by atoms with E-state index < -0.39 is 0 Å². The smallest absolute Gasteiger partial charge is 0.289 e. The lowest BCUT2D eigenvalue weighted by atomic mass is 10.2. The first-order chi connectivity index (χ1) is 12.7. The number of methoxy groups -OCH3 is 1. The molecule has 0 bridgehead atoms. The number of benzene rings is 2. The summed E-state index contributed by atoms with van der Waals surface area (Å²) < 4.78 is 25.0. The largest absolute Gasteiger partial charge is 0.493 e. The molecule has 3 aromatic rings. The molecule has 0 atom stereocenters. The minimum Gasteiger partial charge on any atom is -0.493 e. The molecular weight excluding hydrogens is 335 g/mol. The number of piperazine rings is 1. The lowest BCUT2D eigenvalue weighted by Crippen LogP contribution is -2.49. The SMILES string of the molecule is COc1cccc2cc(C(=O)N3CCN(c4ccccc4F)CC3)oc12. The number of halogens is 1. The average Bonchev–Trinajstić information content (AvgIpc) is 3.12. The Bertz CT molecular complexity index is 945. The highest BCUT2D eigenvalue weighted by Crippen LogP contribution is 2.29. The van der Waals surface area contributed by atoms with Crippen LogP contribution in [0.5, 0.6) is 5.75 Å². The van der Waals surface area contributed by atoms with Crippen LogP contribution >= 0.6 is 0 Å². The van der Waals surface area contributed by atoms with Gasteiger partial charge < -0.3 is 19.0 Å². The van der Waals surface area contributed by atoms with Crippen molar-refractivity contribution in [2.75, 3.05) is 38.2 Å². The molecule has 2 aromatic carbocycles. The summed E-state index contributed by atoms with van der Waals surface area (Å²) in [6.45, 7) is 2.19. The topological polar surface area (TPSA) is 45.9 Å². The normalized spacial score (nSPS) is 14.7. The summed E-state index contributed by atoms with van der Waals surface area (Å²) in [6.07, 6.45) is 0. The minimum absolute atomic E-state index is 0.156. The monoisotopic (exact) mass is 354 g/mol. The van der Waals surface area contributed by atoms with Gasteiger partial charge in [-0.2, -0.15) is 0 Å². The number of ether oxygens (including phenoxy) is 1. The lowest BCUT2D eigenvalue weighted by Gasteiger charge is -2.35. The van der Waals surface area contributed by atoms with E-state index in [9.17, 15) is 9.18 Å². The second-order valence-electron chi connectivity index (χ2n) is 6.22. The molecule has 0 spiro atoms. The maximum Gasteiger partial charge on any atom is 0.289 e. The van der Waals surface area contributed by atoms with Gasteiger partial charge in [-0.1, -0.05) is 24.3 Å². The van der Waals surface area contributed by atoms with Crippen LogP contribution in [0, 0.1) is 5.82 Å². The Morgan fingerprint density at radius 3 is 2.58 bits per heavy atom. The van der Waals surface area contributed by atoms with Crippen LogP contribution in [0.2, 0.25) is 0 Å². The zero-order valence-corrected chi connectivity index (χ0v) is 14.4. The molecule has 5 nitrogen and oxygen atoms in total. The van der Waals surface area contributed by atoms with Gasteiger partial charge in [0.2, 0.25) is 0 Å². The van der Waals surface area contributed by atoms with Crippen LogP contribution in [-0.2, 0) is 0 Å². The van der Waals surface area contributed by atoms with E-state index in [-0.39, 0.29) is 11.7 Å². The Balaban J connectivity index is 1.49. The van der Waals surface area contributed by atoms with E-state index in [4.69, 9.17) is 9.15 Å². The van der Waals surface area contributed by atoms with Crippen LogP contribution in [0.25, 0.3) is 11.0 Å². The van der Waals surface area contributed by atoms with Gasteiger partial charge in [-0.3, -0.25) is 4.79 Å². The zero-order chi connectivity index (χ0) is 18.1. The van der Waals surface area contributed by atoms with E-state index >= 15 is 0 Å². The Morgan fingerprint density at radius 1 is 1.08 bits per heavy atom. The summed E-state index contributed by atoms with van der Waals surface area (Å²) in [6, 6.07) is 14.0. The maximum atomic E-state index is 13.9. The molecule has 0 aliphatic carbocycles. The number of anilines is 1. The van der Waals surface area contributed by atoms with Crippen molar-refractivity contribution in [3.63, 3.8) is 0 Å². The molecule has 1 amide bonds. The molecule has 26 heavy (non-hydrogen) atoms. The lowest BCUT2D eigenvalue weighted by molar-refractivity contribution is 0.0717. The van der Waals surface area contributed by atoms with Crippen molar-refractivity contribution in [1.82, 2.24) is 4.90 Å². The Labute approximate surface area is 150 Å². The van der Waals surface area contributed by atoms with E-state index in [1.54, 1.807) is 36.3 Å². The van der Waals surface area contributed by atoms with Crippen LogP contribution in [0.1, 0.15) is 10.6 Å². The van der Waals surface area contributed by atoms with Crippen LogP contribution in [0.4, 0.5) is 10.1 Å². The molecule has 1 aliphatic rings.